The molecule has 0 radical (unpaired) electrons. The lowest BCUT2D eigenvalue weighted by Crippen LogP contribution is -2.39. The molecule has 1 rings (SSSR count). The van der Waals surface area contributed by atoms with Gasteiger partial charge in [0, 0.05) is 25.9 Å². The average Bonchev–Trinajstić information content (AvgIpc) is 2.38. The number of ether oxygens (including phenoxy) is 1. The van der Waals surface area contributed by atoms with E-state index in [0.717, 1.165) is 23.4 Å². The number of carbonyl (C=O) groups is 1. The number of hydrogen-bond donors (Lipinski definition) is 1. The van der Waals surface area contributed by atoms with Gasteiger partial charge in [0.2, 0.25) is 0 Å². The van der Waals surface area contributed by atoms with Gasteiger partial charge in [-0.3, -0.25) is 0 Å². The first-order valence-electron chi connectivity index (χ1n) is 7.06. The molecule has 0 fully saturated rings. The molecule has 1 aromatic carbocycles. The molecule has 2 amide bonds. The van der Waals surface area contributed by atoms with E-state index in [4.69, 9.17) is 4.74 Å². The summed E-state index contributed by atoms with van der Waals surface area (Å²) in [6, 6.07) is 6.00. The topological polar surface area (TPSA) is 41.6 Å². The number of benzene rings is 1. The second-order valence-corrected chi connectivity index (χ2v) is 5.58. The average molecular weight is 278 g/mol. The standard InChI is InChI=1S/C16H26N2O2/c1-12(2)11-18(8-9-20-5)16(19)17-15-10-13(3)6-7-14(15)4/h6-7,10,12H,8-9,11H2,1-5H3,(H,17,19). The number of methoxy groups -OCH3 is 1. The number of carbonyl (C=O) groups excluding carboxylic acids is 1. The van der Waals surface area contributed by atoms with Crippen molar-refractivity contribution < 1.29 is 9.53 Å². The van der Waals surface area contributed by atoms with Gasteiger partial charge in [-0.05, 0) is 37.0 Å². The van der Waals surface area contributed by atoms with Crippen LogP contribution >= 0.6 is 0 Å². The zero-order valence-corrected chi connectivity index (χ0v) is 13.2. The Hall–Kier alpha value is -1.55. The number of urea groups is 1. The fourth-order valence-electron chi connectivity index (χ4n) is 1.98. The van der Waals surface area contributed by atoms with Crippen LogP contribution in [-0.4, -0.2) is 37.7 Å². The van der Waals surface area contributed by atoms with Gasteiger partial charge in [0.25, 0.3) is 0 Å². The highest BCUT2D eigenvalue weighted by Crippen LogP contribution is 2.17. The maximum atomic E-state index is 12.4. The minimum atomic E-state index is -0.0653. The van der Waals surface area contributed by atoms with Crippen molar-refractivity contribution in [1.29, 1.82) is 0 Å². The zero-order valence-electron chi connectivity index (χ0n) is 13.2. The van der Waals surface area contributed by atoms with Crippen molar-refractivity contribution in [3.05, 3.63) is 29.3 Å². The molecule has 4 nitrogen and oxygen atoms in total. The first-order chi connectivity index (χ1) is 9.43. The van der Waals surface area contributed by atoms with Crippen LogP contribution in [0.25, 0.3) is 0 Å². The number of amides is 2. The molecule has 0 unspecified atom stereocenters. The highest BCUT2D eigenvalue weighted by molar-refractivity contribution is 5.90. The third-order valence-electron chi connectivity index (χ3n) is 3.07. The van der Waals surface area contributed by atoms with Gasteiger partial charge < -0.3 is 15.0 Å². The van der Waals surface area contributed by atoms with Crippen molar-refractivity contribution in [2.75, 3.05) is 32.1 Å². The molecule has 112 valence electrons. The molecule has 0 bridgehead atoms. The van der Waals surface area contributed by atoms with E-state index in [1.54, 1.807) is 12.0 Å². The fraction of sp³-hybridized carbons (Fsp3) is 0.562. The predicted octanol–water partition coefficient (Wildman–Crippen LogP) is 3.44. The van der Waals surface area contributed by atoms with E-state index in [9.17, 15) is 4.79 Å². The third-order valence-corrected chi connectivity index (χ3v) is 3.07. The molecule has 0 heterocycles. The third kappa shape index (κ3) is 5.21. The number of anilines is 1. The second-order valence-electron chi connectivity index (χ2n) is 5.58. The number of nitrogens with zero attached hydrogens (tertiary/aromatic N) is 1. The van der Waals surface area contributed by atoms with Crippen LogP contribution < -0.4 is 5.32 Å². The first-order valence-corrected chi connectivity index (χ1v) is 7.06. The van der Waals surface area contributed by atoms with E-state index in [0.29, 0.717) is 19.1 Å². The van der Waals surface area contributed by atoms with E-state index in [1.165, 1.54) is 0 Å². The number of rotatable bonds is 6. The molecular formula is C16H26N2O2. The summed E-state index contributed by atoms with van der Waals surface area (Å²) in [7, 11) is 1.65. The van der Waals surface area contributed by atoms with Gasteiger partial charge in [-0.2, -0.15) is 0 Å². The summed E-state index contributed by atoms with van der Waals surface area (Å²) in [5.41, 5.74) is 3.08. The summed E-state index contributed by atoms with van der Waals surface area (Å²) in [6.07, 6.45) is 0. The van der Waals surface area contributed by atoms with Gasteiger partial charge in [0.15, 0.2) is 0 Å². The molecule has 0 saturated heterocycles. The van der Waals surface area contributed by atoms with Gasteiger partial charge in [-0.25, -0.2) is 4.79 Å². The van der Waals surface area contributed by atoms with Gasteiger partial charge in [0.05, 0.1) is 6.61 Å². The summed E-state index contributed by atoms with van der Waals surface area (Å²) in [5, 5.41) is 3.00. The van der Waals surface area contributed by atoms with Gasteiger partial charge >= 0.3 is 6.03 Å². The lowest BCUT2D eigenvalue weighted by atomic mass is 10.1. The van der Waals surface area contributed by atoms with Gasteiger partial charge in [-0.1, -0.05) is 26.0 Å². The molecule has 1 N–H and O–H groups in total. The normalized spacial score (nSPS) is 10.7. The van der Waals surface area contributed by atoms with Crippen molar-refractivity contribution in [1.82, 2.24) is 4.90 Å². The summed E-state index contributed by atoms with van der Waals surface area (Å²) >= 11 is 0. The molecular weight excluding hydrogens is 252 g/mol. The van der Waals surface area contributed by atoms with Crippen LogP contribution in [0.5, 0.6) is 0 Å². The smallest absolute Gasteiger partial charge is 0.321 e. The number of aryl methyl sites for hydroxylation is 2. The maximum absolute atomic E-state index is 12.4. The minimum absolute atomic E-state index is 0.0653. The summed E-state index contributed by atoms with van der Waals surface area (Å²) in [5.74, 6) is 0.427. The Morgan fingerprint density at radius 1 is 1.35 bits per heavy atom. The van der Waals surface area contributed by atoms with Crippen LogP contribution in [0.3, 0.4) is 0 Å². The SMILES string of the molecule is COCCN(CC(C)C)C(=O)Nc1cc(C)ccc1C. The molecule has 0 aliphatic heterocycles. The molecule has 20 heavy (non-hydrogen) atoms. The molecule has 0 atom stereocenters. The summed E-state index contributed by atoms with van der Waals surface area (Å²) < 4.78 is 5.08. The van der Waals surface area contributed by atoms with E-state index in [1.807, 2.05) is 32.0 Å². The van der Waals surface area contributed by atoms with Crippen molar-refractivity contribution in [2.24, 2.45) is 5.92 Å². The van der Waals surface area contributed by atoms with E-state index in [2.05, 4.69) is 19.2 Å². The van der Waals surface area contributed by atoms with Gasteiger partial charge in [0.1, 0.15) is 0 Å². The Bertz CT molecular complexity index is 444. The van der Waals surface area contributed by atoms with Crippen LogP contribution in [0.2, 0.25) is 0 Å². The van der Waals surface area contributed by atoms with Crippen molar-refractivity contribution in [3.63, 3.8) is 0 Å². The molecule has 0 aliphatic carbocycles. The van der Waals surface area contributed by atoms with Crippen molar-refractivity contribution in [3.8, 4) is 0 Å². The quantitative estimate of drug-likeness (QED) is 0.866. The van der Waals surface area contributed by atoms with Crippen LogP contribution in [0.15, 0.2) is 18.2 Å². The molecule has 1 aromatic rings. The predicted molar refractivity (Wildman–Crippen MR) is 83.2 cm³/mol. The highest BCUT2D eigenvalue weighted by Gasteiger charge is 2.15. The monoisotopic (exact) mass is 278 g/mol. The Morgan fingerprint density at radius 3 is 2.65 bits per heavy atom. The lowest BCUT2D eigenvalue weighted by Gasteiger charge is -2.25. The molecule has 0 aromatic heterocycles. The fourth-order valence-corrected chi connectivity index (χ4v) is 1.98. The van der Waals surface area contributed by atoms with Crippen LogP contribution in [0.4, 0.5) is 10.5 Å². The van der Waals surface area contributed by atoms with Crippen LogP contribution in [0, 0.1) is 19.8 Å². The second kappa shape index (κ2) is 7.90. The van der Waals surface area contributed by atoms with Crippen LogP contribution in [0.1, 0.15) is 25.0 Å². The molecule has 4 heteroatoms. The Morgan fingerprint density at radius 2 is 2.05 bits per heavy atom. The largest absolute Gasteiger partial charge is 0.383 e. The van der Waals surface area contributed by atoms with Crippen molar-refractivity contribution in [2.45, 2.75) is 27.7 Å². The molecule has 0 spiro atoms. The maximum Gasteiger partial charge on any atom is 0.321 e. The minimum Gasteiger partial charge on any atom is -0.383 e. The molecule has 0 saturated carbocycles. The number of hydrogen-bond acceptors (Lipinski definition) is 2. The number of nitrogens with one attached hydrogen (secondary N) is 1. The zero-order chi connectivity index (χ0) is 15.1. The van der Waals surface area contributed by atoms with E-state index < -0.39 is 0 Å². The highest BCUT2D eigenvalue weighted by atomic mass is 16.5. The van der Waals surface area contributed by atoms with Gasteiger partial charge in [-0.15, -0.1) is 0 Å². The first kappa shape index (κ1) is 16.5. The molecule has 0 aliphatic rings. The van der Waals surface area contributed by atoms with E-state index in [-0.39, 0.29) is 6.03 Å². The Labute approximate surface area is 122 Å². The lowest BCUT2D eigenvalue weighted by molar-refractivity contribution is 0.150. The van der Waals surface area contributed by atoms with Crippen LogP contribution in [-0.2, 0) is 4.74 Å². The Balaban J connectivity index is 2.76. The van der Waals surface area contributed by atoms with E-state index >= 15 is 0 Å². The van der Waals surface area contributed by atoms with Crippen molar-refractivity contribution >= 4 is 11.7 Å². The Kier molecular flexibility index (Phi) is 6.52. The summed E-state index contributed by atoms with van der Waals surface area (Å²) in [6.45, 7) is 10.1. The summed E-state index contributed by atoms with van der Waals surface area (Å²) in [4.78, 5) is 14.2.